The normalized spacial score (nSPS) is 10.4. The lowest BCUT2D eigenvalue weighted by molar-refractivity contribution is -0.115. The molecule has 8 heteroatoms. The minimum absolute atomic E-state index is 0.258. The van der Waals surface area contributed by atoms with Crippen LogP contribution in [-0.4, -0.2) is 27.7 Å². The van der Waals surface area contributed by atoms with Gasteiger partial charge in [0.05, 0.1) is 25.1 Å². The fourth-order valence-corrected chi connectivity index (χ4v) is 1.90. The summed E-state index contributed by atoms with van der Waals surface area (Å²) in [4.78, 5) is 11.2. The van der Waals surface area contributed by atoms with Crippen molar-refractivity contribution in [1.82, 2.24) is 0 Å². The quantitative estimate of drug-likeness (QED) is 0.835. The summed E-state index contributed by atoms with van der Waals surface area (Å²) in [5.74, 6) is -0.187. The first-order valence-corrected chi connectivity index (χ1v) is 7.07. The molecular weight excluding hydrogens is 270 g/mol. The van der Waals surface area contributed by atoms with Crippen molar-refractivity contribution in [3.05, 3.63) is 18.2 Å². The van der Waals surface area contributed by atoms with Gasteiger partial charge in [0.1, 0.15) is 12.2 Å². The molecule has 0 saturated carbocycles. The predicted molar refractivity (Wildman–Crippen MR) is 70.3 cm³/mol. The zero-order chi connectivity index (χ0) is 14.5. The average molecular weight is 283 g/mol. The molecule has 0 unspecified atom stereocenters. The molecule has 0 aromatic heterocycles. The largest absolute Gasteiger partial charge is 0.494 e. The summed E-state index contributed by atoms with van der Waals surface area (Å²) in [7, 11) is -2.04. The number of rotatable bonds is 5. The molecule has 0 heterocycles. The van der Waals surface area contributed by atoms with Crippen molar-refractivity contribution in [3.63, 3.8) is 0 Å². The first kappa shape index (κ1) is 14.8. The molecule has 0 aliphatic rings. The number of hydrogen-bond acceptors (Lipinski definition) is 5. The molecule has 0 aliphatic heterocycles. The van der Waals surface area contributed by atoms with Gasteiger partial charge in [-0.25, -0.2) is 8.42 Å². The van der Waals surface area contributed by atoms with Crippen molar-refractivity contribution in [2.24, 2.45) is 0 Å². The molecule has 0 spiro atoms. The number of nitrogens with one attached hydrogen (secondary N) is 2. The van der Waals surface area contributed by atoms with E-state index in [2.05, 4.69) is 10.0 Å². The average Bonchev–Trinajstić information content (AvgIpc) is 2.29. The summed E-state index contributed by atoms with van der Waals surface area (Å²) in [5.41, 5.74) is 0.680. The zero-order valence-electron chi connectivity index (χ0n) is 10.4. The Hall–Kier alpha value is -2.27. The van der Waals surface area contributed by atoms with E-state index in [0.29, 0.717) is 5.69 Å². The topological polar surface area (TPSA) is 108 Å². The van der Waals surface area contributed by atoms with E-state index in [1.54, 1.807) is 6.07 Å². The molecule has 0 saturated heterocycles. The summed E-state index contributed by atoms with van der Waals surface area (Å²) in [6.45, 7) is 0. The number of amides is 1. The standard InChI is InChI=1S/C11H13N3O4S/c1-18-10-7-8(13-11(15)5-6-12)3-4-9(10)14-19(2,16)17/h3-4,7,14H,5H2,1-2H3,(H,13,15). The minimum atomic E-state index is -3.41. The molecule has 2 N–H and O–H groups in total. The van der Waals surface area contributed by atoms with Gasteiger partial charge in [0.2, 0.25) is 15.9 Å². The number of methoxy groups -OCH3 is 1. The van der Waals surface area contributed by atoms with Gasteiger partial charge in [-0.1, -0.05) is 0 Å². The molecule has 0 atom stereocenters. The molecule has 1 aromatic rings. The molecule has 102 valence electrons. The first-order chi connectivity index (χ1) is 8.85. The Morgan fingerprint density at radius 1 is 1.47 bits per heavy atom. The van der Waals surface area contributed by atoms with Gasteiger partial charge < -0.3 is 10.1 Å². The Bertz CT molecular complexity index is 619. The number of ether oxygens (including phenoxy) is 1. The van der Waals surface area contributed by atoms with E-state index in [9.17, 15) is 13.2 Å². The van der Waals surface area contributed by atoms with Gasteiger partial charge in [0, 0.05) is 11.8 Å². The van der Waals surface area contributed by atoms with E-state index in [0.717, 1.165) is 6.26 Å². The Morgan fingerprint density at radius 2 is 2.16 bits per heavy atom. The third kappa shape index (κ3) is 4.85. The second-order valence-electron chi connectivity index (χ2n) is 3.67. The Balaban J connectivity index is 2.96. The van der Waals surface area contributed by atoms with E-state index in [1.807, 2.05) is 0 Å². The van der Waals surface area contributed by atoms with Crippen molar-refractivity contribution in [2.45, 2.75) is 6.42 Å². The van der Waals surface area contributed by atoms with Crippen molar-refractivity contribution in [3.8, 4) is 11.8 Å². The van der Waals surface area contributed by atoms with Crippen LogP contribution in [0.3, 0.4) is 0 Å². The number of carbonyl (C=O) groups is 1. The highest BCUT2D eigenvalue weighted by Crippen LogP contribution is 2.28. The third-order valence-electron chi connectivity index (χ3n) is 2.02. The summed E-state index contributed by atoms with van der Waals surface area (Å²) in [6, 6.07) is 6.15. The Labute approximate surface area is 111 Å². The summed E-state index contributed by atoms with van der Waals surface area (Å²) < 4.78 is 29.6. The predicted octanol–water partition coefficient (Wildman–Crippen LogP) is 0.919. The molecular formula is C11H13N3O4S. The van der Waals surface area contributed by atoms with Crippen molar-refractivity contribution < 1.29 is 17.9 Å². The Kier molecular flexibility index (Phi) is 4.72. The maximum absolute atomic E-state index is 11.2. The van der Waals surface area contributed by atoms with Crippen LogP contribution in [0.2, 0.25) is 0 Å². The van der Waals surface area contributed by atoms with Gasteiger partial charge in [-0.15, -0.1) is 0 Å². The molecule has 19 heavy (non-hydrogen) atoms. The molecule has 0 fully saturated rings. The van der Waals surface area contributed by atoms with Crippen molar-refractivity contribution in [1.29, 1.82) is 5.26 Å². The highest BCUT2D eigenvalue weighted by molar-refractivity contribution is 7.92. The number of carbonyl (C=O) groups excluding carboxylic acids is 1. The van der Waals surface area contributed by atoms with E-state index >= 15 is 0 Å². The van der Waals surface area contributed by atoms with Gasteiger partial charge in [0.25, 0.3) is 0 Å². The van der Waals surface area contributed by atoms with Gasteiger partial charge in [-0.3, -0.25) is 9.52 Å². The van der Waals surface area contributed by atoms with Crippen LogP contribution in [0.4, 0.5) is 11.4 Å². The van der Waals surface area contributed by atoms with Gasteiger partial charge in [-0.05, 0) is 12.1 Å². The van der Waals surface area contributed by atoms with Crippen LogP contribution in [0.25, 0.3) is 0 Å². The van der Waals surface area contributed by atoms with E-state index in [1.165, 1.54) is 25.3 Å². The molecule has 7 nitrogen and oxygen atoms in total. The fourth-order valence-electron chi connectivity index (χ4n) is 1.33. The van der Waals surface area contributed by atoms with E-state index < -0.39 is 15.9 Å². The number of nitriles is 1. The minimum Gasteiger partial charge on any atom is -0.494 e. The highest BCUT2D eigenvalue weighted by atomic mass is 32.2. The third-order valence-corrected chi connectivity index (χ3v) is 2.61. The maximum atomic E-state index is 11.2. The number of hydrogen-bond donors (Lipinski definition) is 2. The molecule has 1 aromatic carbocycles. The summed E-state index contributed by atoms with van der Waals surface area (Å²) >= 11 is 0. The number of anilines is 2. The maximum Gasteiger partial charge on any atom is 0.238 e. The molecule has 0 bridgehead atoms. The second kappa shape index (κ2) is 6.06. The SMILES string of the molecule is COc1cc(NC(=O)CC#N)ccc1NS(C)(=O)=O. The van der Waals surface area contributed by atoms with Crippen LogP contribution in [0.5, 0.6) is 5.75 Å². The molecule has 0 aliphatic carbocycles. The summed E-state index contributed by atoms with van der Waals surface area (Å²) in [5, 5.41) is 10.9. The van der Waals surface area contributed by atoms with E-state index in [-0.39, 0.29) is 17.9 Å². The van der Waals surface area contributed by atoms with Crippen LogP contribution in [0.1, 0.15) is 6.42 Å². The lowest BCUT2D eigenvalue weighted by Gasteiger charge is -2.11. The van der Waals surface area contributed by atoms with Gasteiger partial charge in [0.15, 0.2) is 0 Å². The number of sulfonamides is 1. The van der Waals surface area contributed by atoms with Crippen LogP contribution in [-0.2, 0) is 14.8 Å². The summed E-state index contributed by atoms with van der Waals surface area (Å²) in [6.07, 6.45) is 0.765. The first-order valence-electron chi connectivity index (χ1n) is 5.18. The fraction of sp³-hybridized carbons (Fsp3) is 0.273. The second-order valence-corrected chi connectivity index (χ2v) is 5.42. The van der Waals surface area contributed by atoms with Crippen LogP contribution in [0.15, 0.2) is 18.2 Å². The van der Waals surface area contributed by atoms with Gasteiger partial charge in [-0.2, -0.15) is 5.26 Å². The monoisotopic (exact) mass is 283 g/mol. The lowest BCUT2D eigenvalue weighted by atomic mass is 10.2. The zero-order valence-corrected chi connectivity index (χ0v) is 11.2. The van der Waals surface area contributed by atoms with Crippen molar-refractivity contribution >= 4 is 27.3 Å². The van der Waals surface area contributed by atoms with Gasteiger partial charge >= 0.3 is 0 Å². The van der Waals surface area contributed by atoms with Crippen LogP contribution in [0, 0.1) is 11.3 Å². The van der Waals surface area contributed by atoms with Crippen LogP contribution >= 0.6 is 0 Å². The lowest BCUT2D eigenvalue weighted by Crippen LogP contribution is -2.12. The smallest absolute Gasteiger partial charge is 0.238 e. The Morgan fingerprint density at radius 3 is 2.68 bits per heavy atom. The molecule has 1 amide bonds. The number of benzene rings is 1. The van der Waals surface area contributed by atoms with Crippen molar-refractivity contribution in [2.75, 3.05) is 23.4 Å². The number of nitrogens with zero attached hydrogens (tertiary/aromatic N) is 1. The highest BCUT2D eigenvalue weighted by Gasteiger charge is 2.10. The molecule has 0 radical (unpaired) electrons. The van der Waals surface area contributed by atoms with Crippen LogP contribution < -0.4 is 14.8 Å². The molecule has 1 rings (SSSR count). The van der Waals surface area contributed by atoms with E-state index in [4.69, 9.17) is 10.00 Å².